The van der Waals surface area contributed by atoms with Crippen LogP contribution in [0.15, 0.2) is 18.2 Å². The van der Waals surface area contributed by atoms with Crippen LogP contribution in [0.2, 0.25) is 0 Å². The number of hydrogen-bond donors (Lipinski definition) is 2. The number of nitrogens with zero attached hydrogens (tertiary/aromatic N) is 1. The lowest BCUT2D eigenvalue weighted by molar-refractivity contribution is 0.0675. The first-order valence-corrected chi connectivity index (χ1v) is 8.16. The first-order valence-electron chi connectivity index (χ1n) is 8.16. The quantitative estimate of drug-likeness (QED) is 0.841. The average molecular weight is 303 g/mol. The molecule has 1 saturated carbocycles. The summed E-state index contributed by atoms with van der Waals surface area (Å²) in [6.45, 7) is 4.94. The summed E-state index contributed by atoms with van der Waals surface area (Å²) in [6, 6.07) is 5.49. The number of nitrogens with two attached hydrogens (primary N) is 1. The van der Waals surface area contributed by atoms with E-state index < -0.39 is 0 Å². The van der Waals surface area contributed by atoms with E-state index in [2.05, 4.69) is 31.2 Å². The lowest BCUT2D eigenvalue weighted by Gasteiger charge is -2.45. The molecule has 0 aromatic heterocycles. The Morgan fingerprint density at radius 2 is 2.18 bits per heavy atom. The molecule has 1 aromatic carbocycles. The third-order valence-electron chi connectivity index (χ3n) is 5.10. The van der Waals surface area contributed by atoms with Gasteiger partial charge in [-0.05, 0) is 57.5 Å². The molecule has 1 fully saturated rings. The minimum Gasteiger partial charge on any atom is -0.399 e. The third-order valence-corrected chi connectivity index (χ3v) is 5.10. The number of benzene rings is 1. The van der Waals surface area contributed by atoms with Gasteiger partial charge in [0.2, 0.25) is 0 Å². The Morgan fingerprint density at radius 3 is 2.82 bits per heavy atom. The van der Waals surface area contributed by atoms with Gasteiger partial charge in [-0.25, -0.2) is 0 Å². The van der Waals surface area contributed by atoms with Crippen LogP contribution in [0.25, 0.3) is 0 Å². The molecule has 4 heteroatoms. The molecule has 0 radical (unpaired) electrons. The van der Waals surface area contributed by atoms with Crippen LogP contribution in [-0.2, 0) is 0 Å². The van der Waals surface area contributed by atoms with Crippen molar-refractivity contribution in [2.75, 3.05) is 26.4 Å². The van der Waals surface area contributed by atoms with Crippen molar-refractivity contribution < 1.29 is 4.79 Å². The molecule has 0 aliphatic heterocycles. The summed E-state index contributed by atoms with van der Waals surface area (Å²) in [6.07, 6.45) is 4.79. The zero-order chi connectivity index (χ0) is 16.3. The van der Waals surface area contributed by atoms with Gasteiger partial charge in [-0.15, -0.1) is 0 Å². The minimum absolute atomic E-state index is 0.0238. The molecule has 22 heavy (non-hydrogen) atoms. The van der Waals surface area contributed by atoms with Crippen molar-refractivity contribution in [3.8, 4) is 0 Å². The molecule has 3 N–H and O–H groups in total. The van der Waals surface area contributed by atoms with E-state index in [0.29, 0.717) is 23.7 Å². The molecule has 2 unspecified atom stereocenters. The van der Waals surface area contributed by atoms with Gasteiger partial charge in [-0.2, -0.15) is 0 Å². The smallest absolute Gasteiger partial charge is 0.251 e. The number of carbonyl (C=O) groups is 1. The molecule has 1 aliphatic rings. The van der Waals surface area contributed by atoms with Crippen LogP contribution in [-0.4, -0.2) is 37.0 Å². The number of rotatable bonds is 4. The van der Waals surface area contributed by atoms with E-state index in [-0.39, 0.29) is 11.4 Å². The molecule has 2 atom stereocenters. The standard InChI is InChI=1S/C18H29N3O/c1-13-6-5-9-18(11-13,21(3)4)12-20-17(22)16-10-15(19)8-7-14(16)2/h7-8,10,13H,5-6,9,11-12,19H2,1-4H3,(H,20,22). The highest BCUT2D eigenvalue weighted by Gasteiger charge is 2.37. The maximum absolute atomic E-state index is 12.5. The van der Waals surface area contributed by atoms with Gasteiger partial charge in [-0.1, -0.05) is 25.8 Å². The molecule has 122 valence electrons. The summed E-state index contributed by atoms with van der Waals surface area (Å²) >= 11 is 0. The first-order chi connectivity index (χ1) is 10.3. The fourth-order valence-corrected chi connectivity index (χ4v) is 3.58. The van der Waals surface area contributed by atoms with Crippen LogP contribution in [0.4, 0.5) is 5.69 Å². The predicted molar refractivity (Wildman–Crippen MR) is 92.0 cm³/mol. The van der Waals surface area contributed by atoms with E-state index in [4.69, 9.17) is 5.73 Å². The Morgan fingerprint density at radius 1 is 1.45 bits per heavy atom. The topological polar surface area (TPSA) is 58.4 Å². The van der Waals surface area contributed by atoms with Crippen molar-refractivity contribution in [1.82, 2.24) is 10.2 Å². The zero-order valence-corrected chi connectivity index (χ0v) is 14.3. The highest BCUT2D eigenvalue weighted by atomic mass is 16.1. The summed E-state index contributed by atoms with van der Waals surface area (Å²) < 4.78 is 0. The molecule has 0 saturated heterocycles. The number of carbonyl (C=O) groups excluding carboxylic acids is 1. The summed E-state index contributed by atoms with van der Waals surface area (Å²) in [5.74, 6) is 0.686. The summed E-state index contributed by atoms with van der Waals surface area (Å²) in [4.78, 5) is 14.8. The Balaban J connectivity index is 2.09. The van der Waals surface area contributed by atoms with Crippen LogP contribution in [0.3, 0.4) is 0 Å². The molecule has 1 amide bonds. The van der Waals surface area contributed by atoms with Crippen LogP contribution >= 0.6 is 0 Å². The van der Waals surface area contributed by atoms with Crippen LogP contribution in [0.5, 0.6) is 0 Å². The van der Waals surface area contributed by atoms with Crippen molar-refractivity contribution in [2.45, 2.75) is 45.1 Å². The fraction of sp³-hybridized carbons (Fsp3) is 0.611. The highest BCUT2D eigenvalue weighted by molar-refractivity contribution is 5.96. The van der Waals surface area contributed by atoms with Gasteiger partial charge in [0.1, 0.15) is 0 Å². The van der Waals surface area contributed by atoms with E-state index in [1.54, 1.807) is 6.07 Å². The summed E-state index contributed by atoms with van der Waals surface area (Å²) in [5, 5.41) is 3.14. The van der Waals surface area contributed by atoms with Gasteiger partial charge in [0, 0.05) is 23.3 Å². The molecule has 1 aromatic rings. The lowest BCUT2D eigenvalue weighted by atomic mass is 9.75. The maximum atomic E-state index is 12.5. The molecule has 4 nitrogen and oxygen atoms in total. The normalized spacial score (nSPS) is 25.2. The van der Waals surface area contributed by atoms with E-state index in [0.717, 1.165) is 18.4 Å². The fourth-order valence-electron chi connectivity index (χ4n) is 3.58. The number of aryl methyl sites for hydroxylation is 1. The zero-order valence-electron chi connectivity index (χ0n) is 14.3. The van der Waals surface area contributed by atoms with Crippen molar-refractivity contribution in [2.24, 2.45) is 5.92 Å². The molecule has 0 spiro atoms. The Bertz CT molecular complexity index is 541. The molecule has 1 aliphatic carbocycles. The SMILES string of the molecule is Cc1ccc(N)cc1C(=O)NCC1(N(C)C)CCCC(C)C1. The molecular weight excluding hydrogens is 274 g/mol. The largest absolute Gasteiger partial charge is 0.399 e. The van der Waals surface area contributed by atoms with Crippen molar-refractivity contribution in [3.63, 3.8) is 0 Å². The Hall–Kier alpha value is -1.55. The third kappa shape index (κ3) is 3.61. The van der Waals surface area contributed by atoms with E-state index >= 15 is 0 Å². The van der Waals surface area contributed by atoms with Crippen LogP contribution in [0, 0.1) is 12.8 Å². The van der Waals surface area contributed by atoms with Gasteiger partial charge in [0.05, 0.1) is 0 Å². The van der Waals surface area contributed by atoms with Crippen LogP contribution < -0.4 is 11.1 Å². The van der Waals surface area contributed by atoms with Gasteiger partial charge < -0.3 is 16.0 Å². The lowest BCUT2D eigenvalue weighted by Crippen LogP contribution is -2.55. The van der Waals surface area contributed by atoms with E-state index in [1.807, 2.05) is 19.1 Å². The first kappa shape index (κ1) is 16.8. The molecular formula is C18H29N3O. The monoisotopic (exact) mass is 303 g/mol. The second-order valence-electron chi connectivity index (χ2n) is 7.08. The number of amides is 1. The predicted octanol–water partition coefficient (Wildman–Crippen LogP) is 2.82. The molecule has 0 heterocycles. The van der Waals surface area contributed by atoms with E-state index in [9.17, 15) is 4.79 Å². The van der Waals surface area contributed by atoms with Crippen molar-refractivity contribution in [3.05, 3.63) is 29.3 Å². The Kier molecular flexibility index (Phi) is 5.12. The number of anilines is 1. The van der Waals surface area contributed by atoms with Gasteiger partial charge in [0.25, 0.3) is 5.91 Å². The van der Waals surface area contributed by atoms with Gasteiger partial charge in [-0.3, -0.25) is 4.79 Å². The minimum atomic E-state index is -0.0238. The number of nitrogen functional groups attached to an aromatic ring is 1. The van der Waals surface area contributed by atoms with E-state index in [1.165, 1.54) is 12.8 Å². The number of hydrogen-bond acceptors (Lipinski definition) is 3. The number of likely N-dealkylation sites (N-methyl/N-ethyl adjacent to an activating group) is 1. The second-order valence-corrected chi connectivity index (χ2v) is 7.08. The van der Waals surface area contributed by atoms with Gasteiger partial charge >= 0.3 is 0 Å². The van der Waals surface area contributed by atoms with Crippen LogP contribution in [0.1, 0.15) is 48.5 Å². The summed E-state index contributed by atoms with van der Waals surface area (Å²) in [7, 11) is 4.24. The molecule has 2 rings (SSSR count). The van der Waals surface area contributed by atoms with Crippen molar-refractivity contribution in [1.29, 1.82) is 0 Å². The average Bonchev–Trinajstić information content (AvgIpc) is 2.47. The summed E-state index contributed by atoms with van der Waals surface area (Å²) in [5.41, 5.74) is 8.15. The number of nitrogens with one attached hydrogen (secondary N) is 1. The van der Waals surface area contributed by atoms with Gasteiger partial charge in [0.15, 0.2) is 0 Å². The second kappa shape index (κ2) is 6.69. The van der Waals surface area contributed by atoms with Crippen molar-refractivity contribution >= 4 is 11.6 Å². The highest BCUT2D eigenvalue weighted by Crippen LogP contribution is 2.35. The Labute approximate surface area is 134 Å². The molecule has 0 bridgehead atoms. The maximum Gasteiger partial charge on any atom is 0.251 e.